The van der Waals surface area contributed by atoms with Crippen LogP contribution >= 0.6 is 34.5 Å². The highest BCUT2D eigenvalue weighted by Gasteiger charge is 2.13. The number of benzene rings is 2. The lowest BCUT2D eigenvalue weighted by Crippen LogP contribution is -1.81. The fraction of sp³-hybridized carbons (Fsp3) is 0. The zero-order valence-corrected chi connectivity index (χ0v) is 12.1. The van der Waals surface area contributed by atoms with Gasteiger partial charge in [0.05, 0.1) is 10.6 Å². The Bertz CT molecular complexity index is 690. The van der Waals surface area contributed by atoms with Crippen molar-refractivity contribution < 1.29 is 0 Å². The van der Waals surface area contributed by atoms with Crippen LogP contribution < -0.4 is 0 Å². The van der Waals surface area contributed by atoms with Gasteiger partial charge in [0.2, 0.25) is 0 Å². The molecule has 0 aliphatic rings. The Morgan fingerprint density at radius 3 is 2.16 bits per heavy atom. The first-order chi connectivity index (χ1) is 9.24. The van der Waals surface area contributed by atoms with Crippen molar-refractivity contribution in [3.8, 4) is 21.7 Å². The number of hydrogen-bond donors (Lipinski definition) is 0. The number of aromatic nitrogens is 1. The van der Waals surface area contributed by atoms with Gasteiger partial charge in [-0.05, 0) is 17.7 Å². The maximum Gasteiger partial charge on any atom is 0.184 e. The molecule has 3 aromatic rings. The Kier molecular flexibility index (Phi) is 3.56. The molecule has 0 aliphatic heterocycles. The van der Waals surface area contributed by atoms with Crippen LogP contribution in [0.4, 0.5) is 0 Å². The van der Waals surface area contributed by atoms with Crippen LogP contribution in [0.25, 0.3) is 21.7 Å². The Morgan fingerprint density at radius 2 is 1.47 bits per heavy atom. The minimum absolute atomic E-state index is 0.545. The van der Waals surface area contributed by atoms with Crippen LogP contribution in [0.3, 0.4) is 0 Å². The van der Waals surface area contributed by atoms with E-state index in [0.29, 0.717) is 9.49 Å². The standard InChI is InChI=1S/C15H9Cl2NS/c16-12-8-6-10(7-9-12)13-14(19-15(17)18-13)11-4-2-1-3-5-11/h1-9H. The largest absolute Gasteiger partial charge is 0.224 e. The van der Waals surface area contributed by atoms with E-state index in [1.54, 1.807) is 0 Å². The van der Waals surface area contributed by atoms with Gasteiger partial charge < -0.3 is 0 Å². The van der Waals surface area contributed by atoms with Crippen molar-refractivity contribution in [1.29, 1.82) is 0 Å². The highest BCUT2D eigenvalue weighted by molar-refractivity contribution is 7.19. The van der Waals surface area contributed by atoms with E-state index in [-0.39, 0.29) is 0 Å². The van der Waals surface area contributed by atoms with Crippen LogP contribution in [-0.2, 0) is 0 Å². The van der Waals surface area contributed by atoms with E-state index in [9.17, 15) is 0 Å². The highest BCUT2D eigenvalue weighted by Crippen LogP contribution is 2.38. The molecule has 0 bridgehead atoms. The minimum Gasteiger partial charge on any atom is -0.224 e. The molecule has 3 rings (SSSR count). The third-order valence-electron chi connectivity index (χ3n) is 2.75. The van der Waals surface area contributed by atoms with Gasteiger partial charge in [-0.15, -0.1) is 11.3 Å². The number of nitrogens with zero attached hydrogens (tertiary/aromatic N) is 1. The lowest BCUT2D eigenvalue weighted by Gasteiger charge is -2.02. The molecule has 0 atom stereocenters. The molecule has 1 aromatic heterocycles. The predicted octanol–water partition coefficient (Wildman–Crippen LogP) is 5.78. The van der Waals surface area contributed by atoms with E-state index >= 15 is 0 Å². The van der Waals surface area contributed by atoms with Crippen LogP contribution in [0.1, 0.15) is 0 Å². The molecule has 0 N–H and O–H groups in total. The SMILES string of the molecule is Clc1ccc(-c2nc(Cl)sc2-c2ccccc2)cc1. The van der Waals surface area contributed by atoms with Gasteiger partial charge in [0.1, 0.15) is 0 Å². The van der Waals surface area contributed by atoms with Crippen LogP contribution in [0.15, 0.2) is 54.6 Å². The summed E-state index contributed by atoms with van der Waals surface area (Å²) in [5.41, 5.74) is 3.04. The fourth-order valence-electron chi connectivity index (χ4n) is 1.88. The number of hydrogen-bond acceptors (Lipinski definition) is 2. The van der Waals surface area contributed by atoms with Gasteiger partial charge in [-0.1, -0.05) is 65.7 Å². The van der Waals surface area contributed by atoms with Crippen LogP contribution in [-0.4, -0.2) is 4.98 Å². The summed E-state index contributed by atoms with van der Waals surface area (Å²) >= 11 is 13.5. The first-order valence-electron chi connectivity index (χ1n) is 5.72. The Morgan fingerprint density at radius 1 is 0.789 bits per heavy atom. The van der Waals surface area contributed by atoms with Gasteiger partial charge >= 0.3 is 0 Å². The Hall–Kier alpha value is -1.35. The van der Waals surface area contributed by atoms with Crippen molar-refractivity contribution >= 4 is 34.5 Å². The zero-order valence-electron chi connectivity index (χ0n) is 9.81. The third kappa shape index (κ3) is 2.66. The van der Waals surface area contributed by atoms with E-state index in [1.165, 1.54) is 11.3 Å². The molecule has 0 aliphatic carbocycles. The molecule has 0 radical (unpaired) electrons. The third-order valence-corrected chi connectivity index (χ3v) is 4.22. The second-order valence-corrected chi connectivity index (χ2v) is 6.04. The average Bonchev–Trinajstić information content (AvgIpc) is 2.83. The summed E-state index contributed by atoms with van der Waals surface area (Å²) in [5, 5.41) is 0.714. The minimum atomic E-state index is 0.545. The van der Waals surface area contributed by atoms with Crippen molar-refractivity contribution in [2.45, 2.75) is 0 Å². The zero-order chi connectivity index (χ0) is 13.2. The molecule has 0 fully saturated rings. The van der Waals surface area contributed by atoms with Crippen molar-refractivity contribution in [2.75, 3.05) is 0 Å². The molecule has 0 unspecified atom stereocenters. The molecular weight excluding hydrogens is 297 g/mol. The smallest absolute Gasteiger partial charge is 0.184 e. The average molecular weight is 306 g/mol. The van der Waals surface area contributed by atoms with E-state index in [0.717, 1.165) is 21.7 Å². The Labute approximate surface area is 125 Å². The van der Waals surface area contributed by atoms with Crippen molar-refractivity contribution in [2.24, 2.45) is 0 Å². The second-order valence-electron chi connectivity index (χ2n) is 4.02. The predicted molar refractivity (Wildman–Crippen MR) is 83.0 cm³/mol. The molecule has 94 valence electrons. The van der Waals surface area contributed by atoms with E-state index in [4.69, 9.17) is 23.2 Å². The summed E-state index contributed by atoms with van der Waals surface area (Å²) in [4.78, 5) is 5.50. The summed E-state index contributed by atoms with van der Waals surface area (Å²) < 4.78 is 0.545. The number of rotatable bonds is 2. The van der Waals surface area contributed by atoms with E-state index in [2.05, 4.69) is 17.1 Å². The maximum atomic E-state index is 6.08. The fourth-order valence-corrected chi connectivity index (χ4v) is 3.14. The summed E-state index contributed by atoms with van der Waals surface area (Å²) in [7, 11) is 0. The molecule has 1 heterocycles. The van der Waals surface area contributed by atoms with Gasteiger partial charge in [0.25, 0.3) is 0 Å². The molecular formula is C15H9Cl2NS. The quantitative estimate of drug-likeness (QED) is 0.584. The summed E-state index contributed by atoms with van der Waals surface area (Å²) in [6, 6.07) is 17.8. The topological polar surface area (TPSA) is 12.9 Å². The van der Waals surface area contributed by atoms with Gasteiger partial charge in [-0.2, -0.15) is 0 Å². The first-order valence-corrected chi connectivity index (χ1v) is 7.29. The van der Waals surface area contributed by atoms with Crippen molar-refractivity contribution in [3.05, 3.63) is 64.1 Å². The monoisotopic (exact) mass is 305 g/mol. The molecule has 1 nitrogen and oxygen atoms in total. The molecule has 0 saturated heterocycles. The van der Waals surface area contributed by atoms with Crippen molar-refractivity contribution in [1.82, 2.24) is 4.98 Å². The molecule has 2 aromatic carbocycles. The highest BCUT2D eigenvalue weighted by atomic mass is 35.5. The Balaban J connectivity index is 2.15. The van der Waals surface area contributed by atoms with E-state index < -0.39 is 0 Å². The lowest BCUT2D eigenvalue weighted by molar-refractivity contribution is 1.41. The summed E-state index contributed by atoms with van der Waals surface area (Å²) in [6.07, 6.45) is 0. The summed E-state index contributed by atoms with van der Waals surface area (Å²) in [5.74, 6) is 0. The normalized spacial score (nSPS) is 10.6. The van der Waals surface area contributed by atoms with Gasteiger partial charge in [-0.3, -0.25) is 0 Å². The maximum absolute atomic E-state index is 6.08. The molecule has 0 amide bonds. The molecule has 0 spiro atoms. The van der Waals surface area contributed by atoms with Crippen LogP contribution in [0.2, 0.25) is 9.49 Å². The lowest BCUT2D eigenvalue weighted by atomic mass is 10.1. The van der Waals surface area contributed by atoms with Crippen molar-refractivity contribution in [3.63, 3.8) is 0 Å². The van der Waals surface area contributed by atoms with Crippen LogP contribution in [0.5, 0.6) is 0 Å². The first kappa shape index (κ1) is 12.7. The van der Waals surface area contributed by atoms with Gasteiger partial charge in [0, 0.05) is 10.6 Å². The van der Waals surface area contributed by atoms with Crippen LogP contribution in [0, 0.1) is 0 Å². The number of halogens is 2. The van der Waals surface area contributed by atoms with Gasteiger partial charge in [0.15, 0.2) is 4.47 Å². The van der Waals surface area contributed by atoms with Gasteiger partial charge in [-0.25, -0.2) is 4.98 Å². The molecule has 0 saturated carbocycles. The van der Waals surface area contributed by atoms with E-state index in [1.807, 2.05) is 42.5 Å². The second kappa shape index (κ2) is 5.33. The molecule has 4 heteroatoms. The molecule has 19 heavy (non-hydrogen) atoms. The number of thiazole rings is 1. The summed E-state index contributed by atoms with van der Waals surface area (Å²) in [6.45, 7) is 0.